The summed E-state index contributed by atoms with van der Waals surface area (Å²) in [6.07, 6.45) is 1.60. The molecule has 0 amide bonds. The van der Waals surface area contributed by atoms with Gasteiger partial charge in [-0.15, -0.1) is 0 Å². The zero-order chi connectivity index (χ0) is 26.1. The van der Waals surface area contributed by atoms with E-state index in [1.165, 1.54) is 0 Å². The molecule has 0 radical (unpaired) electrons. The Balaban J connectivity index is 1.62. The zero-order valence-electron chi connectivity index (χ0n) is 21.8. The van der Waals surface area contributed by atoms with E-state index in [9.17, 15) is 9.59 Å². The monoisotopic (exact) mass is 495 g/mol. The van der Waals surface area contributed by atoms with Crippen molar-refractivity contribution in [2.45, 2.75) is 58.0 Å². The molecule has 3 aromatic rings. The van der Waals surface area contributed by atoms with E-state index in [2.05, 4.69) is 23.5 Å². The minimum absolute atomic E-state index is 0.0549. The number of ketones is 1. The number of allylic oxidation sites excluding steroid dienone is 3. The van der Waals surface area contributed by atoms with E-state index < -0.39 is 5.92 Å². The van der Waals surface area contributed by atoms with Gasteiger partial charge in [-0.2, -0.15) is 0 Å². The van der Waals surface area contributed by atoms with E-state index in [0.29, 0.717) is 24.0 Å². The van der Waals surface area contributed by atoms with Crippen LogP contribution in [0.3, 0.4) is 0 Å². The third-order valence-corrected chi connectivity index (χ3v) is 7.65. The van der Waals surface area contributed by atoms with Crippen molar-refractivity contribution in [1.82, 2.24) is 5.32 Å². The molecule has 190 valence electrons. The van der Waals surface area contributed by atoms with E-state index in [0.717, 1.165) is 45.5 Å². The van der Waals surface area contributed by atoms with Gasteiger partial charge >= 0.3 is 5.97 Å². The van der Waals surface area contributed by atoms with E-state index >= 15 is 0 Å². The summed E-state index contributed by atoms with van der Waals surface area (Å²) in [6, 6.07) is 22.2. The summed E-state index contributed by atoms with van der Waals surface area (Å²) in [6.45, 7) is 5.80. The van der Waals surface area contributed by atoms with Gasteiger partial charge in [0.15, 0.2) is 5.78 Å². The molecule has 3 atom stereocenters. The highest BCUT2D eigenvalue weighted by molar-refractivity contribution is 6.05. The second-order valence-electron chi connectivity index (χ2n) is 9.98. The summed E-state index contributed by atoms with van der Waals surface area (Å²) < 4.78 is 11.1. The van der Waals surface area contributed by atoms with Gasteiger partial charge in [0.25, 0.3) is 0 Å². The first kappa shape index (κ1) is 24.8. The third kappa shape index (κ3) is 4.66. The SMILES string of the molecule is CC[C@H](C)OC(=O)C1=C(C)NC2=C(C(=O)C[C@H](c3ccc(OC)cc3)C2)[C@H]1c1cccc2ccccc12. The Morgan fingerprint density at radius 2 is 1.76 bits per heavy atom. The van der Waals surface area contributed by atoms with Gasteiger partial charge in [-0.3, -0.25) is 4.79 Å². The van der Waals surface area contributed by atoms with Crippen molar-refractivity contribution in [3.8, 4) is 5.75 Å². The number of benzene rings is 3. The summed E-state index contributed by atoms with van der Waals surface area (Å²) in [7, 11) is 1.65. The predicted molar refractivity (Wildman–Crippen MR) is 145 cm³/mol. The Kier molecular flexibility index (Phi) is 6.88. The number of Topliss-reactive ketones (excluding diaryl/α,β-unsaturated/α-hetero) is 1. The molecule has 0 aromatic heterocycles. The maximum absolute atomic E-state index is 13.9. The summed E-state index contributed by atoms with van der Waals surface area (Å²) in [5.41, 5.74) is 4.90. The number of carbonyl (C=O) groups is 2. The van der Waals surface area contributed by atoms with Crippen molar-refractivity contribution in [2.75, 3.05) is 7.11 Å². The smallest absolute Gasteiger partial charge is 0.337 e. The van der Waals surface area contributed by atoms with Gasteiger partial charge in [0.1, 0.15) is 5.75 Å². The van der Waals surface area contributed by atoms with Crippen molar-refractivity contribution in [1.29, 1.82) is 0 Å². The fraction of sp³-hybridized carbons (Fsp3) is 0.312. The number of methoxy groups -OCH3 is 1. The molecule has 2 aliphatic rings. The molecule has 1 aliphatic carbocycles. The predicted octanol–water partition coefficient (Wildman–Crippen LogP) is 6.55. The van der Waals surface area contributed by atoms with Crippen LogP contribution in [0.2, 0.25) is 0 Å². The average Bonchev–Trinajstić information content (AvgIpc) is 2.91. The minimum atomic E-state index is -0.483. The molecule has 0 bridgehead atoms. The summed E-state index contributed by atoms with van der Waals surface area (Å²) in [5.74, 6) is 0.0612. The number of dihydropyridines is 1. The molecule has 0 saturated heterocycles. The van der Waals surface area contributed by atoms with Gasteiger partial charge in [0, 0.05) is 29.3 Å². The first-order chi connectivity index (χ1) is 17.9. The quantitative estimate of drug-likeness (QED) is 0.393. The highest BCUT2D eigenvalue weighted by Crippen LogP contribution is 2.47. The standard InChI is InChI=1S/C32H33NO4/c1-5-19(2)37-32(35)29-20(3)33-27-17-23(21-13-15-24(36-4)16-14-21)18-28(34)31(27)30(29)26-12-8-10-22-9-6-7-11-25(22)26/h6-16,19,23,30,33H,5,17-18H2,1-4H3/t19-,23+,30-/m0/s1. The minimum Gasteiger partial charge on any atom is -0.497 e. The van der Waals surface area contributed by atoms with Gasteiger partial charge in [0.2, 0.25) is 0 Å². The Bertz CT molecular complexity index is 1410. The van der Waals surface area contributed by atoms with Gasteiger partial charge in [-0.05, 0) is 66.6 Å². The van der Waals surface area contributed by atoms with E-state index in [1.54, 1.807) is 7.11 Å². The van der Waals surface area contributed by atoms with Crippen molar-refractivity contribution in [2.24, 2.45) is 0 Å². The van der Waals surface area contributed by atoms with E-state index in [1.807, 2.05) is 69.3 Å². The topological polar surface area (TPSA) is 64.6 Å². The normalized spacial score (nSPS) is 20.4. The Hall–Kier alpha value is -3.86. The highest BCUT2D eigenvalue weighted by atomic mass is 16.5. The maximum Gasteiger partial charge on any atom is 0.337 e. The lowest BCUT2D eigenvalue weighted by molar-refractivity contribution is -0.143. The maximum atomic E-state index is 13.9. The van der Waals surface area contributed by atoms with Crippen LogP contribution in [0, 0.1) is 0 Å². The Morgan fingerprint density at radius 1 is 1.03 bits per heavy atom. The molecule has 0 spiro atoms. The molecule has 1 heterocycles. The zero-order valence-corrected chi connectivity index (χ0v) is 21.8. The molecule has 1 aliphatic heterocycles. The molecule has 37 heavy (non-hydrogen) atoms. The highest BCUT2D eigenvalue weighted by Gasteiger charge is 2.42. The van der Waals surface area contributed by atoms with E-state index in [-0.39, 0.29) is 23.8 Å². The number of rotatable bonds is 6. The molecule has 3 aromatic carbocycles. The number of carbonyl (C=O) groups excluding carboxylic acids is 2. The number of fused-ring (bicyclic) bond motifs is 1. The van der Waals surface area contributed by atoms with Crippen LogP contribution in [0.15, 0.2) is 89.3 Å². The van der Waals surface area contributed by atoms with Crippen LogP contribution in [0.25, 0.3) is 10.8 Å². The molecule has 5 heteroatoms. The molecule has 0 fully saturated rings. The molecule has 0 unspecified atom stereocenters. The van der Waals surface area contributed by atoms with Crippen molar-refractivity contribution < 1.29 is 19.1 Å². The molecular formula is C32H33NO4. The van der Waals surface area contributed by atoms with E-state index in [4.69, 9.17) is 9.47 Å². The van der Waals surface area contributed by atoms with Gasteiger partial charge in [-0.1, -0.05) is 61.5 Å². The van der Waals surface area contributed by atoms with Crippen LogP contribution in [0.1, 0.15) is 63.0 Å². The summed E-state index contributed by atoms with van der Waals surface area (Å²) in [5, 5.41) is 5.57. The lowest BCUT2D eigenvalue weighted by Gasteiger charge is -2.37. The molecule has 0 saturated carbocycles. The molecular weight excluding hydrogens is 462 g/mol. The largest absolute Gasteiger partial charge is 0.497 e. The molecule has 1 N–H and O–H groups in total. The Labute approximate surface area is 218 Å². The van der Waals surface area contributed by atoms with Crippen LogP contribution in [0.4, 0.5) is 0 Å². The molecule has 5 rings (SSSR count). The lowest BCUT2D eigenvalue weighted by Crippen LogP contribution is -2.36. The van der Waals surface area contributed by atoms with Crippen LogP contribution >= 0.6 is 0 Å². The van der Waals surface area contributed by atoms with Crippen molar-refractivity contribution in [3.63, 3.8) is 0 Å². The number of hydrogen-bond acceptors (Lipinski definition) is 5. The van der Waals surface area contributed by atoms with Crippen LogP contribution in [0.5, 0.6) is 5.75 Å². The summed E-state index contributed by atoms with van der Waals surface area (Å²) >= 11 is 0. The second kappa shape index (κ2) is 10.3. The van der Waals surface area contributed by atoms with Crippen molar-refractivity contribution in [3.05, 3.63) is 100 Å². The summed E-state index contributed by atoms with van der Waals surface area (Å²) in [4.78, 5) is 27.5. The number of nitrogens with one attached hydrogen (secondary N) is 1. The van der Waals surface area contributed by atoms with Crippen LogP contribution in [-0.4, -0.2) is 25.0 Å². The number of ether oxygens (including phenoxy) is 2. The first-order valence-electron chi connectivity index (χ1n) is 13.0. The van der Waals surface area contributed by atoms with Crippen LogP contribution < -0.4 is 10.1 Å². The Morgan fingerprint density at radius 3 is 2.49 bits per heavy atom. The van der Waals surface area contributed by atoms with Crippen molar-refractivity contribution >= 4 is 22.5 Å². The lowest BCUT2D eigenvalue weighted by atomic mass is 9.71. The fourth-order valence-electron chi connectivity index (χ4n) is 5.56. The average molecular weight is 496 g/mol. The second-order valence-corrected chi connectivity index (χ2v) is 9.98. The van der Waals surface area contributed by atoms with Gasteiger partial charge in [0.05, 0.1) is 18.8 Å². The third-order valence-electron chi connectivity index (χ3n) is 7.65. The number of hydrogen-bond donors (Lipinski definition) is 1. The van der Waals surface area contributed by atoms with Gasteiger partial charge in [-0.25, -0.2) is 4.79 Å². The first-order valence-corrected chi connectivity index (χ1v) is 13.0. The molecule has 5 nitrogen and oxygen atoms in total. The fourth-order valence-corrected chi connectivity index (χ4v) is 5.56. The van der Waals surface area contributed by atoms with Crippen LogP contribution in [-0.2, 0) is 14.3 Å². The van der Waals surface area contributed by atoms with Gasteiger partial charge < -0.3 is 14.8 Å². The number of esters is 1.